The Labute approximate surface area is 95.8 Å². The highest BCUT2D eigenvalue weighted by Gasteiger charge is 2.26. The van der Waals surface area contributed by atoms with Gasteiger partial charge in [0.1, 0.15) is 0 Å². The molecule has 2 rings (SSSR count). The van der Waals surface area contributed by atoms with E-state index in [0.29, 0.717) is 11.0 Å². The largest absolute Gasteiger partial charge is 0.478 e. The Bertz CT molecular complexity index is 449. The average Bonchev–Trinajstić information content (AvgIpc) is 2.98. The van der Waals surface area contributed by atoms with E-state index in [1.807, 2.05) is 5.38 Å². The Hall–Kier alpha value is -1.69. The van der Waals surface area contributed by atoms with Crippen molar-refractivity contribution in [3.8, 4) is 0 Å². The van der Waals surface area contributed by atoms with Gasteiger partial charge in [0.25, 0.3) is 0 Å². The number of anilines is 1. The van der Waals surface area contributed by atoms with Crippen LogP contribution in [0.5, 0.6) is 0 Å². The number of carboxylic acid groups (broad SMARTS) is 1. The summed E-state index contributed by atoms with van der Waals surface area (Å²) in [7, 11) is 0. The number of nitrogens with one attached hydrogen (secondary N) is 1. The van der Waals surface area contributed by atoms with Crippen molar-refractivity contribution >= 4 is 28.3 Å². The van der Waals surface area contributed by atoms with Gasteiger partial charge in [-0.05, 0) is 12.8 Å². The fourth-order valence-electron chi connectivity index (χ4n) is 1.20. The Balaban J connectivity index is 1.92. The zero-order valence-corrected chi connectivity index (χ0v) is 9.16. The number of hydrogen-bond acceptors (Lipinski definition) is 4. The van der Waals surface area contributed by atoms with Crippen LogP contribution in [0.4, 0.5) is 5.13 Å². The third-order valence-electron chi connectivity index (χ3n) is 2.12. The molecule has 84 valence electrons. The first-order valence-corrected chi connectivity index (χ1v) is 5.70. The quantitative estimate of drug-likeness (QED) is 0.781. The number of aromatic nitrogens is 1. The topological polar surface area (TPSA) is 79.3 Å². The first-order valence-electron chi connectivity index (χ1n) is 4.82. The van der Waals surface area contributed by atoms with Crippen molar-refractivity contribution in [2.75, 3.05) is 5.32 Å². The monoisotopic (exact) mass is 238 g/mol. The summed E-state index contributed by atoms with van der Waals surface area (Å²) in [6.07, 6.45) is 4.09. The van der Waals surface area contributed by atoms with Crippen molar-refractivity contribution in [1.29, 1.82) is 0 Å². The molecule has 0 saturated heterocycles. The van der Waals surface area contributed by atoms with E-state index >= 15 is 0 Å². The number of carbonyl (C=O) groups is 2. The summed E-state index contributed by atoms with van der Waals surface area (Å²) in [6.45, 7) is 0. The van der Waals surface area contributed by atoms with Crippen LogP contribution in [0.25, 0.3) is 0 Å². The van der Waals surface area contributed by atoms with E-state index < -0.39 is 11.9 Å². The molecule has 1 aromatic rings. The van der Waals surface area contributed by atoms with E-state index in [1.54, 1.807) is 0 Å². The summed E-state index contributed by atoms with van der Waals surface area (Å²) in [6, 6.07) is 0. The number of thiazole rings is 1. The second-order valence-corrected chi connectivity index (χ2v) is 4.37. The second kappa shape index (κ2) is 4.44. The molecule has 0 aromatic carbocycles. The standard InChI is InChI=1S/C10H10N2O3S/c13-8(3-4-9(14)15)12-10-11-7(5-16-10)6-1-2-6/h3-6H,1-2H2,(H,14,15)(H,11,12,13)/b4-3+. The van der Waals surface area contributed by atoms with Crippen LogP contribution in [-0.2, 0) is 9.59 Å². The summed E-state index contributed by atoms with van der Waals surface area (Å²) >= 11 is 1.36. The van der Waals surface area contributed by atoms with Gasteiger partial charge in [-0.1, -0.05) is 0 Å². The van der Waals surface area contributed by atoms with Gasteiger partial charge in [0.2, 0.25) is 5.91 Å². The van der Waals surface area contributed by atoms with Gasteiger partial charge in [-0.25, -0.2) is 9.78 Å². The fourth-order valence-corrected chi connectivity index (χ4v) is 2.00. The molecule has 1 amide bonds. The van der Waals surface area contributed by atoms with Gasteiger partial charge in [-0.15, -0.1) is 11.3 Å². The molecule has 6 heteroatoms. The molecule has 0 bridgehead atoms. The van der Waals surface area contributed by atoms with Crippen LogP contribution < -0.4 is 5.32 Å². The molecule has 1 fully saturated rings. The van der Waals surface area contributed by atoms with Crippen LogP contribution >= 0.6 is 11.3 Å². The summed E-state index contributed by atoms with van der Waals surface area (Å²) in [5, 5.41) is 13.3. The highest BCUT2D eigenvalue weighted by atomic mass is 32.1. The van der Waals surface area contributed by atoms with Gasteiger partial charge >= 0.3 is 5.97 Å². The smallest absolute Gasteiger partial charge is 0.328 e. The molecular weight excluding hydrogens is 228 g/mol. The number of nitrogens with zero attached hydrogens (tertiary/aromatic N) is 1. The van der Waals surface area contributed by atoms with Crippen molar-refractivity contribution in [3.63, 3.8) is 0 Å². The Kier molecular flexibility index (Phi) is 3.00. The minimum atomic E-state index is -1.15. The van der Waals surface area contributed by atoms with Crippen LogP contribution in [0.15, 0.2) is 17.5 Å². The zero-order chi connectivity index (χ0) is 11.5. The molecule has 2 N–H and O–H groups in total. The first kappa shape index (κ1) is 10.8. The van der Waals surface area contributed by atoms with E-state index in [0.717, 1.165) is 30.7 Å². The minimum absolute atomic E-state index is 0.473. The van der Waals surface area contributed by atoms with Crippen molar-refractivity contribution in [1.82, 2.24) is 4.98 Å². The average molecular weight is 238 g/mol. The van der Waals surface area contributed by atoms with Crippen LogP contribution in [-0.4, -0.2) is 22.0 Å². The lowest BCUT2D eigenvalue weighted by atomic mass is 10.3. The predicted octanol–water partition coefficient (Wildman–Crippen LogP) is 1.60. The second-order valence-electron chi connectivity index (χ2n) is 3.51. The number of hydrogen-bond donors (Lipinski definition) is 2. The molecule has 1 heterocycles. The lowest BCUT2D eigenvalue weighted by Crippen LogP contribution is -2.08. The molecule has 0 unspecified atom stereocenters. The Morgan fingerprint density at radius 3 is 2.88 bits per heavy atom. The molecule has 0 radical (unpaired) electrons. The molecule has 0 spiro atoms. The highest BCUT2D eigenvalue weighted by molar-refractivity contribution is 7.14. The third kappa shape index (κ3) is 2.90. The zero-order valence-electron chi connectivity index (χ0n) is 8.34. The summed E-state index contributed by atoms with van der Waals surface area (Å²) in [5.41, 5.74) is 1.02. The van der Waals surface area contributed by atoms with Crippen molar-refractivity contribution in [3.05, 3.63) is 23.2 Å². The maximum Gasteiger partial charge on any atom is 0.328 e. The molecule has 1 aliphatic rings. The lowest BCUT2D eigenvalue weighted by Gasteiger charge is -1.94. The first-order chi connectivity index (χ1) is 7.65. The normalized spacial score (nSPS) is 15.2. The molecule has 0 atom stereocenters. The third-order valence-corrected chi connectivity index (χ3v) is 2.90. The van der Waals surface area contributed by atoms with Gasteiger partial charge in [-0.3, -0.25) is 10.1 Å². The summed E-state index contributed by atoms with van der Waals surface area (Å²) in [4.78, 5) is 25.6. The highest BCUT2D eigenvalue weighted by Crippen LogP contribution is 2.40. The van der Waals surface area contributed by atoms with Gasteiger partial charge in [0, 0.05) is 23.5 Å². The fraction of sp³-hybridized carbons (Fsp3) is 0.300. The van der Waals surface area contributed by atoms with Crippen molar-refractivity contribution in [2.24, 2.45) is 0 Å². The number of amides is 1. The Morgan fingerprint density at radius 2 is 2.25 bits per heavy atom. The van der Waals surface area contributed by atoms with E-state index in [1.165, 1.54) is 11.3 Å². The summed E-state index contributed by atoms with van der Waals surface area (Å²) < 4.78 is 0. The SMILES string of the molecule is O=C(O)/C=C/C(=O)Nc1nc(C2CC2)cs1. The van der Waals surface area contributed by atoms with E-state index in [-0.39, 0.29) is 0 Å². The van der Waals surface area contributed by atoms with Crippen LogP contribution in [0.2, 0.25) is 0 Å². The van der Waals surface area contributed by atoms with Crippen molar-refractivity contribution in [2.45, 2.75) is 18.8 Å². The molecule has 1 aliphatic carbocycles. The van der Waals surface area contributed by atoms with E-state index in [9.17, 15) is 9.59 Å². The van der Waals surface area contributed by atoms with Gasteiger partial charge < -0.3 is 5.11 Å². The van der Waals surface area contributed by atoms with Crippen LogP contribution in [0.3, 0.4) is 0 Å². The Morgan fingerprint density at radius 1 is 1.50 bits per heavy atom. The van der Waals surface area contributed by atoms with Crippen molar-refractivity contribution < 1.29 is 14.7 Å². The molecule has 5 nitrogen and oxygen atoms in total. The van der Waals surface area contributed by atoms with Gasteiger partial charge in [0.05, 0.1) is 5.69 Å². The molecular formula is C10H10N2O3S. The number of aliphatic carboxylic acids is 1. The van der Waals surface area contributed by atoms with Gasteiger partial charge in [-0.2, -0.15) is 0 Å². The van der Waals surface area contributed by atoms with Gasteiger partial charge in [0.15, 0.2) is 5.13 Å². The molecule has 0 aliphatic heterocycles. The lowest BCUT2D eigenvalue weighted by molar-refractivity contribution is -0.131. The maximum absolute atomic E-state index is 11.2. The predicted molar refractivity (Wildman–Crippen MR) is 59.5 cm³/mol. The molecule has 16 heavy (non-hydrogen) atoms. The number of rotatable bonds is 4. The molecule has 1 saturated carbocycles. The minimum Gasteiger partial charge on any atom is -0.478 e. The van der Waals surface area contributed by atoms with Crippen LogP contribution in [0, 0.1) is 0 Å². The number of carboxylic acids is 1. The van der Waals surface area contributed by atoms with E-state index in [2.05, 4.69) is 10.3 Å². The summed E-state index contributed by atoms with van der Waals surface area (Å²) in [5.74, 6) is -1.07. The molecule has 1 aromatic heterocycles. The van der Waals surface area contributed by atoms with Crippen LogP contribution in [0.1, 0.15) is 24.5 Å². The number of carbonyl (C=O) groups excluding carboxylic acids is 1. The van der Waals surface area contributed by atoms with E-state index in [4.69, 9.17) is 5.11 Å². The maximum atomic E-state index is 11.2.